The Balaban J connectivity index is 0.000000843. The summed E-state index contributed by atoms with van der Waals surface area (Å²) < 4.78 is 99.2. The largest absolute Gasteiger partial charge is 1.00 e. The predicted molar refractivity (Wildman–Crippen MR) is 230 cm³/mol. The van der Waals surface area contributed by atoms with Gasteiger partial charge in [0.2, 0.25) is 11.8 Å². The fourth-order valence-electron chi connectivity index (χ4n) is 5.40. The third-order valence-corrected chi connectivity index (χ3v) is 12.3. The van der Waals surface area contributed by atoms with Crippen LogP contribution in [-0.4, -0.2) is 69.9 Å². The summed E-state index contributed by atoms with van der Waals surface area (Å²) in [5, 5.41) is 14.2. The van der Waals surface area contributed by atoms with Gasteiger partial charge in [0, 0.05) is 56.0 Å². The molecule has 1 aliphatic heterocycles. The van der Waals surface area contributed by atoms with Crippen LogP contribution in [0.25, 0.3) is 6.08 Å². The van der Waals surface area contributed by atoms with Crippen LogP contribution in [0.5, 0.6) is 11.8 Å². The van der Waals surface area contributed by atoms with Crippen molar-refractivity contribution < 1.29 is 124 Å². The van der Waals surface area contributed by atoms with Crippen molar-refractivity contribution in [3.05, 3.63) is 144 Å². The van der Waals surface area contributed by atoms with Gasteiger partial charge < -0.3 is 41.2 Å². The Kier molecular flexibility index (Phi) is 29.1. The number of halogens is 7. The molecule has 18 heteroatoms. The van der Waals surface area contributed by atoms with Crippen molar-refractivity contribution in [2.24, 2.45) is 0 Å². The number of pyridine rings is 2. The van der Waals surface area contributed by atoms with Gasteiger partial charge >= 0.3 is 63.7 Å². The summed E-state index contributed by atoms with van der Waals surface area (Å²) >= 11 is 0. The fourth-order valence-corrected chi connectivity index (χ4v) is 9.17. The summed E-state index contributed by atoms with van der Waals surface area (Å²) in [7, 11) is 3.82. The molecule has 1 saturated heterocycles. The number of carbonyl (C=O) groups is 1. The maximum Gasteiger partial charge on any atom is 1.00 e. The summed E-state index contributed by atoms with van der Waals surface area (Å²) in [6.07, 6.45) is -1.41. The third kappa shape index (κ3) is 21.3. The molecule has 0 N–H and O–H groups in total. The zero-order valence-electron chi connectivity index (χ0n) is 37.1. The monoisotopic (exact) mass is 964 g/mol. The average molecular weight is 965 g/mol. The molecule has 1 fully saturated rings. The van der Waals surface area contributed by atoms with Gasteiger partial charge in [-0.3, -0.25) is 4.79 Å². The van der Waals surface area contributed by atoms with Crippen molar-refractivity contribution in [3.8, 4) is 11.8 Å². The van der Waals surface area contributed by atoms with E-state index in [1.165, 1.54) is 56.2 Å². The number of rotatable bonds is 10. The number of nitrogens with zero attached hydrogens (tertiary/aromatic N) is 2. The number of ether oxygens (including phenoxy) is 5. The van der Waals surface area contributed by atoms with E-state index in [9.17, 15) is 36.2 Å². The molecule has 0 radical (unpaired) electrons. The Bertz CT molecular complexity index is 1950. The van der Waals surface area contributed by atoms with Crippen LogP contribution < -0.4 is 94.3 Å². The zero-order valence-corrected chi connectivity index (χ0v) is 41.9. The quantitative estimate of drug-likeness (QED) is 0.0686. The van der Waals surface area contributed by atoms with E-state index >= 15 is 0 Å². The predicted octanol–water partition coefficient (Wildman–Crippen LogP) is 3.18. The number of hydrogen-bond donors (Lipinski definition) is 0. The third-order valence-electron chi connectivity index (χ3n) is 8.10. The first-order valence-corrected chi connectivity index (χ1v) is 21.0. The average Bonchev–Trinajstić information content (AvgIpc) is 3.86. The van der Waals surface area contributed by atoms with Gasteiger partial charge in [-0.2, -0.15) is 26.3 Å². The maximum atomic E-state index is 12.6. The van der Waals surface area contributed by atoms with Crippen LogP contribution in [0, 0.1) is 0 Å². The minimum absolute atomic E-state index is 0. The van der Waals surface area contributed by atoms with Gasteiger partial charge in [-0.25, -0.2) is 9.97 Å². The molecule has 1 aliphatic rings. The van der Waals surface area contributed by atoms with Crippen LogP contribution in [0.2, 0.25) is 0 Å². The molecule has 0 aliphatic carbocycles. The second-order valence-electron chi connectivity index (χ2n) is 13.9. The second kappa shape index (κ2) is 30.7. The van der Waals surface area contributed by atoms with E-state index in [1.807, 2.05) is 0 Å². The standard InChI is InChI=1S/C20H20OP.C10H10F3NO2.C8H6F3NO2.C4H8O.C4H9O.ClH.K/c1-21-17-22(18-11-5-2-6-12-18,19-13-7-3-8-14-19)20-15-9-4-10-16-20;1-15-4-3-7-6-14-9(16-2)5-8(7)10(11,12)13;1-14-7-2-6(8(9,10)11)5(4-13)3-12-7;1-2-4-5-3-1;1-4(2,3)5;;/h2-16H,17H2,1H3;3-6H,1-2H3;2-4H,1H3;1-4H2;1-3H3;1H;/q+1;;;;-1;;+1/p-1/b;4-3+;;;;;. The summed E-state index contributed by atoms with van der Waals surface area (Å²) in [5.41, 5.74) is -3.18. The zero-order chi connectivity index (χ0) is 46.2. The first-order valence-electron chi connectivity index (χ1n) is 19.0. The van der Waals surface area contributed by atoms with Gasteiger partial charge in [0.05, 0.1) is 38.7 Å². The van der Waals surface area contributed by atoms with Crippen molar-refractivity contribution in [1.29, 1.82) is 0 Å². The molecular formula is C46H53ClF6KN2O7P. The van der Waals surface area contributed by atoms with Crippen LogP contribution in [0.1, 0.15) is 60.7 Å². The number of methoxy groups -OCH3 is 4. The Morgan fingerprint density at radius 3 is 1.31 bits per heavy atom. The maximum absolute atomic E-state index is 12.6. The fraction of sp³-hybridized carbons (Fsp3) is 0.326. The van der Waals surface area contributed by atoms with Gasteiger partial charge in [0.15, 0.2) is 12.6 Å². The minimum Gasteiger partial charge on any atom is -1.00 e. The molecule has 0 spiro atoms. The topological polar surface area (TPSA) is 112 Å². The number of alkyl halides is 6. The first kappa shape index (κ1) is 60.6. The number of aromatic nitrogens is 2. The molecule has 0 atom stereocenters. The van der Waals surface area contributed by atoms with E-state index < -0.39 is 41.9 Å². The molecule has 64 heavy (non-hydrogen) atoms. The molecule has 3 aromatic carbocycles. The molecule has 9 nitrogen and oxygen atoms in total. The number of hydrogen-bond acceptors (Lipinski definition) is 9. The summed E-state index contributed by atoms with van der Waals surface area (Å²) in [5.74, 6) is -0.259. The summed E-state index contributed by atoms with van der Waals surface area (Å²) in [6, 6.07) is 33.8. The number of aldehydes is 1. The van der Waals surface area contributed by atoms with Crippen LogP contribution in [0.4, 0.5) is 26.3 Å². The van der Waals surface area contributed by atoms with E-state index in [2.05, 4.69) is 115 Å². The van der Waals surface area contributed by atoms with E-state index in [0.29, 0.717) is 12.4 Å². The van der Waals surface area contributed by atoms with E-state index in [1.54, 1.807) is 27.9 Å². The van der Waals surface area contributed by atoms with Crippen LogP contribution in [0.15, 0.2) is 122 Å². The molecule has 5 aromatic rings. The Hall–Kier alpha value is -3.41. The first-order chi connectivity index (χ1) is 29.3. The van der Waals surface area contributed by atoms with Crippen molar-refractivity contribution in [3.63, 3.8) is 0 Å². The van der Waals surface area contributed by atoms with E-state index in [4.69, 9.17) is 9.47 Å². The van der Waals surface area contributed by atoms with Gasteiger partial charge in [-0.1, -0.05) is 75.4 Å². The van der Waals surface area contributed by atoms with Crippen LogP contribution >= 0.6 is 7.26 Å². The number of benzene rings is 3. The molecular weight excluding hydrogens is 912 g/mol. The SMILES string of the molecule is C1CCOC1.CC(C)(C)[O-].CO/C=C/c1cnc(OC)cc1C(F)(F)F.COC[P+](c1ccccc1)(c1ccccc1)c1ccccc1.COc1cc(C(F)(F)F)c(C=O)cn1.[Cl-].[K+]. The Morgan fingerprint density at radius 1 is 0.672 bits per heavy atom. The molecule has 0 amide bonds. The molecule has 344 valence electrons. The van der Waals surface area contributed by atoms with Crippen LogP contribution in [0.3, 0.4) is 0 Å². The summed E-state index contributed by atoms with van der Waals surface area (Å²) in [4.78, 5) is 17.5. The minimum atomic E-state index is -4.58. The normalized spacial score (nSPS) is 12.1. The Labute approximate surface area is 421 Å². The van der Waals surface area contributed by atoms with Crippen molar-refractivity contribution >= 4 is 35.5 Å². The second-order valence-corrected chi connectivity index (χ2v) is 17.4. The van der Waals surface area contributed by atoms with Gasteiger partial charge in [0.1, 0.15) is 23.2 Å². The molecule has 6 rings (SSSR count). The molecule has 0 unspecified atom stereocenters. The molecule has 0 saturated carbocycles. The van der Waals surface area contributed by atoms with E-state index in [-0.39, 0.29) is 87.4 Å². The molecule has 0 bridgehead atoms. The van der Waals surface area contributed by atoms with Crippen LogP contribution in [-0.2, 0) is 26.6 Å². The van der Waals surface area contributed by atoms with Gasteiger partial charge in [-0.15, -0.1) is 5.60 Å². The van der Waals surface area contributed by atoms with Gasteiger partial charge in [0.25, 0.3) is 0 Å². The molecule has 2 aromatic heterocycles. The molecule has 3 heterocycles. The van der Waals surface area contributed by atoms with Crippen molar-refractivity contribution in [2.45, 2.75) is 51.6 Å². The van der Waals surface area contributed by atoms with Gasteiger partial charge in [-0.05, 0) is 55.3 Å². The Morgan fingerprint density at radius 2 is 1.03 bits per heavy atom. The van der Waals surface area contributed by atoms with Crippen molar-refractivity contribution in [1.82, 2.24) is 9.97 Å². The number of carbonyl (C=O) groups excluding carboxylic acids is 1. The van der Waals surface area contributed by atoms with Crippen molar-refractivity contribution in [2.75, 3.05) is 48.0 Å². The smallest absolute Gasteiger partial charge is 1.00 e. The summed E-state index contributed by atoms with van der Waals surface area (Å²) in [6.45, 7) is 6.90. The van der Waals surface area contributed by atoms with E-state index in [0.717, 1.165) is 37.9 Å².